The maximum Gasteiger partial charge on any atom is 0.233 e. The van der Waals surface area contributed by atoms with Gasteiger partial charge in [0.05, 0.1) is 11.6 Å². The fraction of sp³-hybridized carbons (Fsp3) is 0.120. The zero-order chi connectivity index (χ0) is 20.1. The lowest BCUT2D eigenvalue weighted by atomic mass is 9.96. The minimum absolute atomic E-state index is 0.0148. The first-order valence-corrected chi connectivity index (χ1v) is 10.6. The summed E-state index contributed by atoms with van der Waals surface area (Å²) in [4.78, 5) is 17.4. The molecule has 144 valence electrons. The monoisotopic (exact) mass is 398 g/mol. The molecule has 0 spiro atoms. The van der Waals surface area contributed by atoms with Gasteiger partial charge in [-0.05, 0) is 23.1 Å². The molecule has 3 nitrogen and oxygen atoms in total. The van der Waals surface area contributed by atoms with Gasteiger partial charge >= 0.3 is 0 Å². The van der Waals surface area contributed by atoms with Crippen molar-refractivity contribution in [2.75, 3.05) is 5.32 Å². The van der Waals surface area contributed by atoms with Crippen LogP contribution >= 0.6 is 11.3 Å². The second-order valence-corrected chi connectivity index (χ2v) is 7.70. The van der Waals surface area contributed by atoms with E-state index in [1.807, 2.05) is 60.8 Å². The molecule has 0 saturated carbocycles. The molecule has 4 rings (SSSR count). The van der Waals surface area contributed by atoms with Crippen LogP contribution in [-0.2, 0) is 4.79 Å². The topological polar surface area (TPSA) is 42.0 Å². The third-order valence-electron chi connectivity index (χ3n) is 4.95. The lowest BCUT2D eigenvalue weighted by molar-refractivity contribution is -0.117. The van der Waals surface area contributed by atoms with Gasteiger partial charge in [-0.3, -0.25) is 4.79 Å². The van der Waals surface area contributed by atoms with Crippen molar-refractivity contribution >= 4 is 22.4 Å². The van der Waals surface area contributed by atoms with Crippen LogP contribution in [0.1, 0.15) is 24.8 Å². The van der Waals surface area contributed by atoms with E-state index in [4.69, 9.17) is 0 Å². The van der Waals surface area contributed by atoms with Crippen molar-refractivity contribution in [1.29, 1.82) is 0 Å². The summed E-state index contributed by atoms with van der Waals surface area (Å²) in [5.74, 6) is -0.187. The van der Waals surface area contributed by atoms with Crippen molar-refractivity contribution in [2.45, 2.75) is 19.3 Å². The molecule has 1 amide bonds. The van der Waals surface area contributed by atoms with Crippen LogP contribution in [-0.4, -0.2) is 10.9 Å². The van der Waals surface area contributed by atoms with Crippen molar-refractivity contribution in [3.05, 3.63) is 95.9 Å². The number of thiazole rings is 1. The third-order valence-corrected chi connectivity index (χ3v) is 5.71. The number of nitrogens with zero attached hydrogens (tertiary/aromatic N) is 1. The standard InChI is InChI=1S/C25H22N2OS/c1-2-22(20-11-7-4-8-12-20)24(28)27-25-26-23(17-29-25)21-15-13-19(14-16-21)18-9-5-3-6-10-18/h3-17,22H,2H2,1H3,(H,26,27,28). The highest BCUT2D eigenvalue weighted by molar-refractivity contribution is 7.14. The number of nitrogens with one attached hydrogen (secondary N) is 1. The Kier molecular flexibility index (Phi) is 5.82. The van der Waals surface area contributed by atoms with E-state index in [1.54, 1.807) is 0 Å². The van der Waals surface area contributed by atoms with Crippen molar-refractivity contribution in [1.82, 2.24) is 4.98 Å². The fourth-order valence-electron chi connectivity index (χ4n) is 3.38. The van der Waals surface area contributed by atoms with Crippen LogP contribution in [0.15, 0.2) is 90.3 Å². The molecule has 1 aromatic heterocycles. The Hall–Kier alpha value is -3.24. The van der Waals surface area contributed by atoms with Crippen molar-refractivity contribution in [2.24, 2.45) is 0 Å². The number of aromatic nitrogens is 1. The van der Waals surface area contributed by atoms with Crippen LogP contribution in [0, 0.1) is 0 Å². The van der Waals surface area contributed by atoms with Gasteiger partial charge in [-0.2, -0.15) is 0 Å². The fourth-order valence-corrected chi connectivity index (χ4v) is 4.10. The second kappa shape index (κ2) is 8.84. The largest absolute Gasteiger partial charge is 0.301 e. The molecule has 4 heteroatoms. The summed E-state index contributed by atoms with van der Waals surface area (Å²) in [5, 5.41) is 5.60. The number of anilines is 1. The zero-order valence-corrected chi connectivity index (χ0v) is 17.0. The van der Waals surface area contributed by atoms with Crippen molar-refractivity contribution in [3.63, 3.8) is 0 Å². The quantitative estimate of drug-likeness (QED) is 0.397. The molecule has 0 bridgehead atoms. The van der Waals surface area contributed by atoms with Crippen molar-refractivity contribution < 1.29 is 4.79 Å². The van der Waals surface area contributed by atoms with Gasteiger partial charge in [0.2, 0.25) is 5.91 Å². The van der Waals surface area contributed by atoms with E-state index < -0.39 is 0 Å². The average Bonchev–Trinajstić information content (AvgIpc) is 3.24. The van der Waals surface area contributed by atoms with Gasteiger partial charge in [0.15, 0.2) is 5.13 Å². The average molecular weight is 399 g/mol. The number of hydrogen-bond acceptors (Lipinski definition) is 3. The first-order valence-electron chi connectivity index (χ1n) is 9.72. The summed E-state index contributed by atoms with van der Waals surface area (Å²) in [6.07, 6.45) is 0.745. The smallest absolute Gasteiger partial charge is 0.233 e. The molecule has 4 aromatic rings. The Morgan fingerprint density at radius 2 is 1.45 bits per heavy atom. The summed E-state index contributed by atoms with van der Waals surface area (Å²) in [7, 11) is 0. The second-order valence-electron chi connectivity index (χ2n) is 6.84. The maximum atomic E-state index is 12.7. The molecule has 0 aliphatic rings. The van der Waals surface area contributed by atoms with E-state index in [1.165, 1.54) is 22.5 Å². The number of carbonyl (C=O) groups excluding carboxylic acids is 1. The van der Waals surface area contributed by atoms with E-state index in [0.29, 0.717) is 5.13 Å². The predicted molar refractivity (Wildman–Crippen MR) is 121 cm³/mol. The van der Waals surface area contributed by atoms with E-state index in [-0.39, 0.29) is 11.8 Å². The van der Waals surface area contributed by atoms with Crippen LogP contribution < -0.4 is 5.32 Å². The Labute approximate surface area is 175 Å². The molecular formula is C25H22N2OS. The van der Waals surface area contributed by atoms with Gasteiger partial charge < -0.3 is 5.32 Å². The first-order chi connectivity index (χ1) is 14.2. The molecule has 0 radical (unpaired) electrons. The Morgan fingerprint density at radius 1 is 0.862 bits per heavy atom. The number of hydrogen-bond donors (Lipinski definition) is 1. The van der Waals surface area contributed by atoms with Crippen LogP contribution in [0.25, 0.3) is 22.4 Å². The number of benzene rings is 3. The summed E-state index contributed by atoms with van der Waals surface area (Å²) >= 11 is 1.45. The number of rotatable bonds is 6. The molecule has 1 unspecified atom stereocenters. The van der Waals surface area contributed by atoms with Crippen molar-refractivity contribution in [3.8, 4) is 22.4 Å². The third kappa shape index (κ3) is 4.44. The van der Waals surface area contributed by atoms with Gasteiger partial charge in [-0.15, -0.1) is 11.3 Å². The van der Waals surface area contributed by atoms with E-state index in [0.717, 1.165) is 23.2 Å². The molecule has 0 aliphatic heterocycles. The highest BCUT2D eigenvalue weighted by Crippen LogP contribution is 2.29. The summed E-state index contributed by atoms with van der Waals surface area (Å²) in [5.41, 5.74) is 5.30. The normalized spacial score (nSPS) is 11.8. The highest BCUT2D eigenvalue weighted by atomic mass is 32.1. The molecule has 29 heavy (non-hydrogen) atoms. The summed E-state index contributed by atoms with van der Waals surface area (Å²) < 4.78 is 0. The highest BCUT2D eigenvalue weighted by Gasteiger charge is 2.19. The first kappa shape index (κ1) is 19.1. The Balaban J connectivity index is 1.47. The van der Waals surface area contributed by atoms with Crippen LogP contribution in [0.3, 0.4) is 0 Å². The molecule has 0 aliphatic carbocycles. The molecule has 1 atom stereocenters. The SMILES string of the molecule is CCC(C(=O)Nc1nc(-c2ccc(-c3ccccc3)cc2)cs1)c1ccccc1. The summed E-state index contributed by atoms with van der Waals surface area (Å²) in [6, 6.07) is 28.5. The molecule has 0 saturated heterocycles. The van der Waals surface area contributed by atoms with Gasteiger partial charge in [0.1, 0.15) is 0 Å². The van der Waals surface area contributed by atoms with Crippen LogP contribution in [0.5, 0.6) is 0 Å². The van der Waals surface area contributed by atoms with E-state index in [9.17, 15) is 4.79 Å². The lowest BCUT2D eigenvalue weighted by Crippen LogP contribution is -2.20. The van der Waals surface area contributed by atoms with E-state index in [2.05, 4.69) is 46.7 Å². The van der Waals surface area contributed by atoms with Crippen LogP contribution in [0.2, 0.25) is 0 Å². The minimum Gasteiger partial charge on any atom is -0.301 e. The molecule has 1 N–H and O–H groups in total. The van der Waals surface area contributed by atoms with Crippen LogP contribution in [0.4, 0.5) is 5.13 Å². The Bertz CT molecular complexity index is 1070. The predicted octanol–water partition coefficient (Wildman–Crippen LogP) is 6.61. The Morgan fingerprint density at radius 3 is 2.10 bits per heavy atom. The molecular weight excluding hydrogens is 376 g/mol. The maximum absolute atomic E-state index is 12.7. The number of amides is 1. The van der Waals surface area contributed by atoms with Gasteiger partial charge in [-0.1, -0.05) is 91.9 Å². The minimum atomic E-state index is -0.172. The van der Waals surface area contributed by atoms with Gasteiger partial charge in [-0.25, -0.2) is 4.98 Å². The lowest BCUT2D eigenvalue weighted by Gasteiger charge is -2.14. The van der Waals surface area contributed by atoms with Gasteiger partial charge in [0.25, 0.3) is 0 Å². The zero-order valence-electron chi connectivity index (χ0n) is 16.2. The van der Waals surface area contributed by atoms with E-state index >= 15 is 0 Å². The molecule has 1 heterocycles. The summed E-state index contributed by atoms with van der Waals surface area (Å²) in [6.45, 7) is 2.03. The molecule has 0 fully saturated rings. The van der Waals surface area contributed by atoms with Gasteiger partial charge in [0, 0.05) is 10.9 Å². The molecule has 3 aromatic carbocycles. The number of carbonyl (C=O) groups is 1.